The maximum absolute atomic E-state index is 13.8. The van der Waals surface area contributed by atoms with Crippen LogP contribution in [0.15, 0.2) is 29.0 Å². The Morgan fingerprint density at radius 1 is 1.23 bits per heavy atom. The zero-order chi connectivity index (χ0) is 21.3. The van der Waals surface area contributed by atoms with Crippen LogP contribution in [0, 0.1) is 5.82 Å². The van der Waals surface area contributed by atoms with Gasteiger partial charge in [0.25, 0.3) is 5.91 Å². The molecule has 0 N–H and O–H groups in total. The van der Waals surface area contributed by atoms with Gasteiger partial charge in [0.05, 0.1) is 30.0 Å². The molecule has 4 rings (SSSR count). The van der Waals surface area contributed by atoms with E-state index in [1.807, 2.05) is 0 Å². The third-order valence-electron chi connectivity index (χ3n) is 5.17. The van der Waals surface area contributed by atoms with Crippen molar-refractivity contribution >= 4 is 5.91 Å². The Morgan fingerprint density at radius 2 is 2.00 bits per heavy atom. The maximum atomic E-state index is 13.8. The van der Waals surface area contributed by atoms with Gasteiger partial charge in [0.15, 0.2) is 0 Å². The van der Waals surface area contributed by atoms with Crippen molar-refractivity contribution < 1.29 is 13.7 Å². The molecule has 0 atom stereocenters. The van der Waals surface area contributed by atoms with Crippen molar-refractivity contribution in [3.05, 3.63) is 47.5 Å². The molecule has 30 heavy (non-hydrogen) atoms. The predicted molar refractivity (Wildman–Crippen MR) is 108 cm³/mol. The second-order valence-corrected chi connectivity index (χ2v) is 7.52. The van der Waals surface area contributed by atoms with Gasteiger partial charge in [-0.1, -0.05) is 19.0 Å². The predicted octanol–water partition coefficient (Wildman–Crippen LogP) is 3.27. The van der Waals surface area contributed by atoms with Crippen LogP contribution < -0.4 is 0 Å². The molecule has 3 aromatic rings. The summed E-state index contributed by atoms with van der Waals surface area (Å²) in [6.45, 7) is 7.10. The van der Waals surface area contributed by atoms with E-state index in [0.29, 0.717) is 41.7 Å². The lowest BCUT2D eigenvalue weighted by atomic mass is 10.1. The Hall–Kier alpha value is -3.07. The number of imidazole rings is 1. The first-order valence-corrected chi connectivity index (χ1v) is 10.2. The first kappa shape index (κ1) is 20.2. The summed E-state index contributed by atoms with van der Waals surface area (Å²) in [5.41, 5.74) is 2.19. The fourth-order valence-corrected chi connectivity index (χ4v) is 3.82. The molecule has 0 saturated heterocycles. The van der Waals surface area contributed by atoms with Gasteiger partial charge in [-0.05, 0) is 44.1 Å². The van der Waals surface area contributed by atoms with Gasteiger partial charge in [-0.15, -0.1) is 0 Å². The average Bonchev–Trinajstić information content (AvgIpc) is 3.32. The van der Waals surface area contributed by atoms with Gasteiger partial charge < -0.3 is 9.42 Å². The third kappa shape index (κ3) is 3.72. The van der Waals surface area contributed by atoms with E-state index in [0.717, 1.165) is 31.6 Å². The number of hydrogen-bond donors (Lipinski definition) is 0. The molecule has 0 unspecified atom stereocenters. The smallest absolute Gasteiger partial charge is 0.256 e. The average molecular weight is 412 g/mol. The Kier molecular flexibility index (Phi) is 5.63. The number of hydrogen-bond acceptors (Lipinski definition) is 6. The van der Waals surface area contributed by atoms with Crippen molar-refractivity contribution in [3.8, 4) is 17.2 Å². The number of aromatic nitrogens is 4. The van der Waals surface area contributed by atoms with E-state index in [1.165, 1.54) is 17.0 Å². The van der Waals surface area contributed by atoms with E-state index in [2.05, 4.69) is 33.9 Å². The highest BCUT2D eigenvalue weighted by Crippen LogP contribution is 2.29. The number of rotatable bonds is 7. The zero-order valence-corrected chi connectivity index (χ0v) is 17.4. The van der Waals surface area contributed by atoms with Crippen LogP contribution in [0.2, 0.25) is 0 Å². The van der Waals surface area contributed by atoms with Gasteiger partial charge in [-0.2, -0.15) is 4.98 Å². The van der Waals surface area contributed by atoms with Gasteiger partial charge in [0.1, 0.15) is 17.8 Å². The van der Waals surface area contributed by atoms with Crippen LogP contribution in [0.4, 0.5) is 4.39 Å². The Labute approximate surface area is 174 Å². The Bertz CT molecular complexity index is 1050. The number of halogens is 1. The summed E-state index contributed by atoms with van der Waals surface area (Å²) >= 11 is 0. The molecule has 1 aromatic carbocycles. The number of carbonyl (C=O) groups excluding carboxylic acids is 1. The van der Waals surface area contributed by atoms with Crippen molar-refractivity contribution in [3.63, 3.8) is 0 Å². The zero-order valence-electron chi connectivity index (χ0n) is 17.4. The summed E-state index contributed by atoms with van der Waals surface area (Å²) in [7, 11) is 1.68. The fourth-order valence-electron chi connectivity index (χ4n) is 3.82. The molecule has 0 aliphatic carbocycles. The number of benzene rings is 1. The second-order valence-electron chi connectivity index (χ2n) is 7.52. The molecule has 1 aliphatic heterocycles. The van der Waals surface area contributed by atoms with Crippen molar-refractivity contribution in [2.75, 3.05) is 20.1 Å². The minimum Gasteiger partial charge on any atom is -0.337 e. The van der Waals surface area contributed by atoms with Crippen LogP contribution in [-0.4, -0.2) is 55.5 Å². The molecule has 2 aromatic heterocycles. The molecule has 1 aliphatic rings. The van der Waals surface area contributed by atoms with Crippen molar-refractivity contribution in [1.82, 2.24) is 29.5 Å². The first-order chi connectivity index (χ1) is 14.5. The molecule has 0 radical (unpaired) electrons. The molecule has 9 heteroatoms. The normalized spacial score (nSPS) is 13.5. The highest BCUT2D eigenvalue weighted by molar-refractivity contribution is 5.98. The second kappa shape index (κ2) is 8.35. The molecule has 0 fully saturated rings. The van der Waals surface area contributed by atoms with Crippen LogP contribution in [0.5, 0.6) is 0 Å². The molecule has 0 bridgehead atoms. The largest absolute Gasteiger partial charge is 0.337 e. The highest BCUT2D eigenvalue weighted by atomic mass is 19.1. The SMILES string of the molecule is CCCN(CCC)Cc1nc(-c2ncn3c2CN(C)C(=O)c2cc(F)ccc2-3)no1. The summed E-state index contributed by atoms with van der Waals surface area (Å²) in [5, 5.41) is 4.13. The van der Waals surface area contributed by atoms with Crippen LogP contribution >= 0.6 is 0 Å². The summed E-state index contributed by atoms with van der Waals surface area (Å²) in [4.78, 5) is 25.6. The summed E-state index contributed by atoms with van der Waals surface area (Å²) < 4.78 is 21.0. The van der Waals surface area contributed by atoms with Crippen molar-refractivity contribution in [2.24, 2.45) is 0 Å². The van der Waals surface area contributed by atoms with Gasteiger partial charge in [-0.25, -0.2) is 9.37 Å². The number of amides is 1. The quantitative estimate of drug-likeness (QED) is 0.593. The van der Waals surface area contributed by atoms with Crippen LogP contribution in [0.1, 0.15) is 48.6 Å². The highest BCUT2D eigenvalue weighted by Gasteiger charge is 2.28. The van der Waals surface area contributed by atoms with Gasteiger partial charge in [0, 0.05) is 7.05 Å². The lowest BCUT2D eigenvalue weighted by Gasteiger charge is -2.18. The van der Waals surface area contributed by atoms with Crippen LogP contribution in [0.3, 0.4) is 0 Å². The molecular formula is C21H25FN6O2. The van der Waals surface area contributed by atoms with E-state index < -0.39 is 5.82 Å². The standard InChI is InChI=1S/C21H25FN6O2/c1-4-8-27(9-5-2)12-18-24-20(25-30-18)19-17-11-26(3)21(29)15-10-14(22)6-7-16(15)28(17)13-23-19/h6-7,10,13H,4-5,8-9,11-12H2,1-3H3. The van der Waals surface area contributed by atoms with Gasteiger partial charge in [-0.3, -0.25) is 14.3 Å². The molecule has 3 heterocycles. The molecular weight excluding hydrogens is 387 g/mol. The molecule has 158 valence electrons. The van der Waals surface area contributed by atoms with Gasteiger partial charge in [0.2, 0.25) is 11.7 Å². The first-order valence-electron chi connectivity index (χ1n) is 10.2. The van der Waals surface area contributed by atoms with E-state index in [9.17, 15) is 9.18 Å². The number of carbonyl (C=O) groups is 1. The summed E-state index contributed by atoms with van der Waals surface area (Å²) in [6, 6.07) is 4.18. The Balaban J connectivity index is 1.69. The molecule has 1 amide bonds. The summed E-state index contributed by atoms with van der Waals surface area (Å²) in [6.07, 6.45) is 3.72. The lowest BCUT2D eigenvalue weighted by Crippen LogP contribution is -2.25. The minimum atomic E-state index is -0.453. The van der Waals surface area contributed by atoms with E-state index in [4.69, 9.17) is 4.52 Å². The molecule has 8 nitrogen and oxygen atoms in total. The topological polar surface area (TPSA) is 80.3 Å². The van der Waals surface area contributed by atoms with Gasteiger partial charge >= 0.3 is 0 Å². The summed E-state index contributed by atoms with van der Waals surface area (Å²) in [5.74, 6) is 0.223. The van der Waals surface area contributed by atoms with Crippen LogP contribution in [0.25, 0.3) is 17.2 Å². The molecule has 0 spiro atoms. The van der Waals surface area contributed by atoms with Crippen molar-refractivity contribution in [2.45, 2.75) is 39.8 Å². The lowest BCUT2D eigenvalue weighted by molar-refractivity contribution is 0.0787. The van der Waals surface area contributed by atoms with E-state index in [-0.39, 0.29) is 5.91 Å². The maximum Gasteiger partial charge on any atom is 0.256 e. The number of nitrogens with zero attached hydrogens (tertiary/aromatic N) is 6. The number of fused-ring (bicyclic) bond motifs is 3. The van der Waals surface area contributed by atoms with Crippen LogP contribution in [-0.2, 0) is 13.1 Å². The van der Waals surface area contributed by atoms with E-state index >= 15 is 0 Å². The minimum absolute atomic E-state index is 0.247. The third-order valence-corrected chi connectivity index (χ3v) is 5.17. The Morgan fingerprint density at radius 3 is 2.73 bits per heavy atom. The monoisotopic (exact) mass is 412 g/mol. The van der Waals surface area contributed by atoms with E-state index in [1.54, 1.807) is 24.0 Å². The fraction of sp³-hybridized carbons (Fsp3) is 0.429. The molecule has 0 saturated carbocycles. The van der Waals surface area contributed by atoms with Crippen molar-refractivity contribution in [1.29, 1.82) is 0 Å².